The normalized spacial score (nSPS) is 16.3. The number of benzene rings is 6. The molecule has 3 aliphatic heterocycles. The van der Waals surface area contributed by atoms with E-state index in [1.807, 2.05) is 79.8 Å². The first-order valence-corrected chi connectivity index (χ1v) is 45.1. The van der Waals surface area contributed by atoms with Crippen molar-refractivity contribution in [2.24, 2.45) is 0 Å². The second-order valence-corrected chi connectivity index (χ2v) is 36.0. The van der Waals surface area contributed by atoms with Gasteiger partial charge >= 0.3 is 18.1 Å². The van der Waals surface area contributed by atoms with Gasteiger partial charge in [0, 0.05) is 167 Å². The van der Waals surface area contributed by atoms with Gasteiger partial charge < -0.3 is 78.7 Å². The van der Waals surface area contributed by atoms with Crippen LogP contribution in [-0.2, 0) is 80.0 Å². The molecule has 638 valence electrons. The van der Waals surface area contributed by atoms with Crippen molar-refractivity contribution in [2.45, 2.75) is 71.3 Å². The number of hydrogen-bond acceptors (Lipinski definition) is 17. The highest BCUT2D eigenvalue weighted by molar-refractivity contribution is 7.89. The van der Waals surface area contributed by atoms with E-state index in [1.165, 1.54) is 4.90 Å². The summed E-state index contributed by atoms with van der Waals surface area (Å²) in [7, 11) is 4.44. The number of nitrogens with zero attached hydrogens (tertiary/aromatic N) is 7. The molecule has 3 heterocycles. The number of nitrogens with one attached hydrogen (secondary N) is 6. The van der Waals surface area contributed by atoms with Crippen LogP contribution in [0.3, 0.4) is 0 Å². The van der Waals surface area contributed by atoms with Crippen molar-refractivity contribution in [1.29, 1.82) is 0 Å². The summed E-state index contributed by atoms with van der Waals surface area (Å²) < 4.78 is 96.5. The van der Waals surface area contributed by atoms with Gasteiger partial charge in [0.2, 0.25) is 10.0 Å². The third-order valence-electron chi connectivity index (χ3n) is 20.1. The Bertz CT molecular complexity index is 4170. The first kappa shape index (κ1) is 94.5. The number of amides is 6. The number of rotatable bonds is 48. The maximum atomic E-state index is 13.4. The van der Waals surface area contributed by atoms with Gasteiger partial charge in [-0.15, -0.1) is 0 Å². The molecule has 0 fully saturated rings. The summed E-state index contributed by atoms with van der Waals surface area (Å²) in [5, 5.41) is 12.6. The van der Waals surface area contributed by atoms with Crippen LogP contribution in [0.4, 0.5) is 14.4 Å². The number of halogens is 6. The molecule has 2 unspecified atom stereocenters. The van der Waals surface area contributed by atoms with E-state index >= 15 is 0 Å². The second kappa shape index (κ2) is 48.9. The number of fused-ring (bicyclic) bond motifs is 3. The minimum Gasteiger partial charge on any atom is -0.378 e. The van der Waals surface area contributed by atoms with Crippen molar-refractivity contribution in [3.05, 3.63) is 189 Å². The van der Waals surface area contributed by atoms with Crippen molar-refractivity contribution < 1.29 is 59.6 Å². The largest absolute Gasteiger partial charge is 0.378 e. The zero-order chi connectivity index (χ0) is 83.1. The van der Waals surface area contributed by atoms with Crippen molar-refractivity contribution in [3.8, 4) is 0 Å². The lowest BCUT2D eigenvalue weighted by atomic mass is 9.85. The molecule has 9 rings (SSSR count). The Balaban J connectivity index is 0.627. The summed E-state index contributed by atoms with van der Waals surface area (Å²) in [6.07, 6.45) is 1.93. The number of carbonyl (C=O) groups excluding carboxylic acids is 3. The standard InChI is InChI=1S/C81H111Cl6N13O13S3/c1-94-52-70(67-46-61(82)49-76(85)73(67)55-94)58-13-7-16-64(43-58)114(104)91-22-31-108-37-40-111-34-28-97(4)79(101)88-19-10-25-100(26-11-20-89-80(102)98(5)29-35-112-41-38-109-32-23-92-115(105)65-17-8-14-59(44-65)71-53-95(2)56-74-68(71)47-62(83)50-77(74)86)27-12-21-90-81(103)99(6)30-36-113-42-39-110-33-24-93-116(106,107)66-18-9-15-60(45-66)72-54-96(3)57-75-69(72)48-63(84)51-78(75)87/h7-9,13-18,43-51,70-72,91-93H,10-12,19-42,52-57H2,1-6H3,(H,88,101)(H,89,102)(H,90,103)/t70-,71-,72-,114?,115?/m0/s1. The molecule has 0 radical (unpaired) electrons. The van der Waals surface area contributed by atoms with Gasteiger partial charge in [0.05, 0.1) is 94.0 Å². The summed E-state index contributed by atoms with van der Waals surface area (Å²) >= 11 is 39.0. The van der Waals surface area contributed by atoms with E-state index in [1.54, 1.807) is 67.3 Å². The first-order chi connectivity index (χ1) is 55.8. The van der Waals surface area contributed by atoms with Crippen LogP contribution >= 0.6 is 69.6 Å². The highest BCUT2D eigenvalue weighted by atomic mass is 35.5. The molecular formula is C81H111Cl6N13O13S3. The van der Waals surface area contributed by atoms with Crippen molar-refractivity contribution in [3.63, 3.8) is 0 Å². The number of urea groups is 3. The van der Waals surface area contributed by atoms with E-state index in [-0.39, 0.29) is 73.7 Å². The van der Waals surface area contributed by atoms with Gasteiger partial charge in [-0.3, -0.25) is 0 Å². The molecule has 0 bridgehead atoms. The molecule has 116 heavy (non-hydrogen) atoms. The van der Waals surface area contributed by atoms with Crippen LogP contribution < -0.4 is 30.1 Å². The van der Waals surface area contributed by atoms with Crippen LogP contribution in [0.15, 0.2) is 124 Å². The summed E-state index contributed by atoms with van der Waals surface area (Å²) in [5.74, 6) is -0.0685. The molecule has 6 aromatic rings. The van der Waals surface area contributed by atoms with Gasteiger partial charge in [0.25, 0.3) is 0 Å². The number of carbonyl (C=O) groups is 3. The fourth-order valence-electron chi connectivity index (χ4n) is 14.0. The number of ether oxygens (including phenoxy) is 6. The molecule has 6 aromatic carbocycles. The fourth-order valence-corrected chi connectivity index (χ4v) is 18.5. The van der Waals surface area contributed by atoms with Gasteiger partial charge in [-0.1, -0.05) is 106 Å². The molecule has 0 aliphatic carbocycles. The third kappa shape index (κ3) is 30.0. The Labute approximate surface area is 719 Å². The maximum absolute atomic E-state index is 13.4. The smallest absolute Gasteiger partial charge is 0.317 e. The predicted octanol–water partition coefficient (Wildman–Crippen LogP) is 10.7. The summed E-state index contributed by atoms with van der Waals surface area (Å²) in [5.41, 5.74) is 9.14. The Morgan fingerprint density at radius 1 is 0.414 bits per heavy atom. The highest BCUT2D eigenvalue weighted by Crippen LogP contribution is 2.42. The van der Waals surface area contributed by atoms with Crippen LogP contribution in [0.25, 0.3) is 0 Å². The van der Waals surface area contributed by atoms with Crippen LogP contribution in [0, 0.1) is 0 Å². The quantitative estimate of drug-likeness (QED) is 0.0194. The molecule has 0 spiro atoms. The Morgan fingerprint density at radius 2 is 0.733 bits per heavy atom. The van der Waals surface area contributed by atoms with Gasteiger partial charge in [-0.25, -0.2) is 45.4 Å². The highest BCUT2D eigenvalue weighted by Gasteiger charge is 2.32. The zero-order valence-corrected chi connectivity index (χ0v) is 73.9. The SMILES string of the molecule is CN1Cc2c(Cl)cc(Cl)cc2[C@H](c2cccc(S(=O)NCCOCCOCCN(C)C(=O)NCCCN(CCCNC(=O)N(C)CCOCCOCCNS(=O)c3cccc([C@@H]4CN(C)Cc5c(Cl)cc(Cl)cc54)c3)CCCNC(=O)N(C)CCOCCOCCNS(=O)(=O)c3cccc([C@@H]4CN(C)Cc5c(Cl)cc(Cl)cc54)c3)c2)C1. The average molecular weight is 1780 g/mol. The molecule has 3 aliphatic rings. The lowest BCUT2D eigenvalue weighted by molar-refractivity contribution is 0.0452. The van der Waals surface area contributed by atoms with Crippen LogP contribution in [-0.4, -0.2) is 289 Å². The van der Waals surface area contributed by atoms with E-state index in [0.29, 0.717) is 197 Å². The molecule has 6 amide bonds. The molecule has 0 saturated heterocycles. The summed E-state index contributed by atoms with van der Waals surface area (Å²) in [6, 6.07) is 32.8. The predicted molar refractivity (Wildman–Crippen MR) is 461 cm³/mol. The first-order valence-electron chi connectivity index (χ1n) is 39.1. The summed E-state index contributed by atoms with van der Waals surface area (Å²) in [6.45, 7) is 12.7. The Kier molecular flexibility index (Phi) is 39.8. The van der Waals surface area contributed by atoms with Gasteiger partial charge in [0.1, 0.15) is 22.0 Å². The number of likely N-dealkylation sites (N-methyl/N-ethyl adjacent to an activating group) is 6. The van der Waals surface area contributed by atoms with Crippen LogP contribution in [0.1, 0.15) is 87.1 Å². The molecule has 0 aromatic heterocycles. The Hall–Kier alpha value is -5.40. The fraction of sp³-hybridized carbons (Fsp3) is 0.519. The van der Waals surface area contributed by atoms with Crippen LogP contribution in [0.5, 0.6) is 0 Å². The molecule has 6 N–H and O–H groups in total. The minimum atomic E-state index is -3.84. The van der Waals surface area contributed by atoms with Crippen LogP contribution in [0.2, 0.25) is 30.1 Å². The lowest BCUT2D eigenvalue weighted by Crippen LogP contribution is -2.42. The zero-order valence-electron chi connectivity index (χ0n) is 66.9. The summed E-state index contributed by atoms with van der Waals surface area (Å²) in [4.78, 5) is 54.4. The van der Waals surface area contributed by atoms with E-state index in [2.05, 4.69) is 63.8 Å². The van der Waals surface area contributed by atoms with Crippen molar-refractivity contribution in [1.82, 2.24) is 64.4 Å². The molecule has 5 atom stereocenters. The van der Waals surface area contributed by atoms with Crippen molar-refractivity contribution >= 4 is 120 Å². The maximum Gasteiger partial charge on any atom is 0.317 e. The lowest BCUT2D eigenvalue weighted by Gasteiger charge is -2.33. The van der Waals surface area contributed by atoms with Gasteiger partial charge in [-0.2, -0.15) is 0 Å². The third-order valence-corrected chi connectivity index (χ3v) is 25.6. The average Bonchev–Trinajstić information content (AvgIpc) is 0.785. The Morgan fingerprint density at radius 3 is 1.09 bits per heavy atom. The van der Waals surface area contributed by atoms with E-state index < -0.39 is 32.0 Å². The van der Waals surface area contributed by atoms with E-state index in [4.69, 9.17) is 98.0 Å². The molecule has 26 nitrogen and oxygen atoms in total. The van der Waals surface area contributed by atoms with E-state index in [9.17, 15) is 31.2 Å². The molecule has 0 saturated carbocycles. The second-order valence-electron chi connectivity index (χ2n) is 29.1. The number of sulfonamides is 1. The van der Waals surface area contributed by atoms with Gasteiger partial charge in [-0.05, 0) is 183 Å². The topological polar surface area (TPSA) is 270 Å². The minimum absolute atomic E-state index is 0.0243. The molecule has 35 heteroatoms. The van der Waals surface area contributed by atoms with E-state index in [0.717, 1.165) is 76.3 Å². The van der Waals surface area contributed by atoms with Crippen molar-refractivity contribution in [2.75, 3.05) is 220 Å². The van der Waals surface area contributed by atoms with Gasteiger partial charge in [0.15, 0.2) is 0 Å². The molecular weight excluding hydrogens is 1670 g/mol. The monoisotopic (exact) mass is 1780 g/mol. The number of hydrogen-bond donors (Lipinski definition) is 6.